The molecule has 3 aliphatic rings. The number of hydrogen-bond donors (Lipinski definition) is 1. The van der Waals surface area contributed by atoms with Gasteiger partial charge in [-0.05, 0) is 25.7 Å². The number of fused-ring (bicyclic) bond motifs is 2. The highest BCUT2D eigenvalue weighted by molar-refractivity contribution is 4.92. The van der Waals surface area contributed by atoms with E-state index in [9.17, 15) is 0 Å². The second-order valence-electron chi connectivity index (χ2n) is 6.13. The van der Waals surface area contributed by atoms with E-state index in [1.807, 2.05) is 0 Å². The SMILES string of the molecule is NC1CCCCCCC1N1CC2CCC(C1)O2. The van der Waals surface area contributed by atoms with Crippen LogP contribution in [0, 0.1) is 0 Å². The molecule has 4 unspecified atom stereocenters. The number of rotatable bonds is 1. The van der Waals surface area contributed by atoms with E-state index in [0.717, 1.165) is 13.1 Å². The Morgan fingerprint density at radius 2 is 1.47 bits per heavy atom. The van der Waals surface area contributed by atoms with Gasteiger partial charge in [-0.25, -0.2) is 0 Å². The standard InChI is InChI=1S/C14H26N2O/c15-13-5-3-1-2-4-6-14(13)16-9-11-7-8-12(10-16)17-11/h11-14H,1-10,15H2. The number of hydrogen-bond acceptors (Lipinski definition) is 3. The largest absolute Gasteiger partial charge is 0.372 e. The molecule has 0 radical (unpaired) electrons. The maximum absolute atomic E-state index is 6.41. The van der Waals surface area contributed by atoms with Gasteiger partial charge in [-0.2, -0.15) is 0 Å². The summed E-state index contributed by atoms with van der Waals surface area (Å²) in [5.41, 5.74) is 6.41. The monoisotopic (exact) mass is 238 g/mol. The van der Waals surface area contributed by atoms with E-state index in [4.69, 9.17) is 10.5 Å². The second kappa shape index (κ2) is 5.25. The lowest BCUT2D eigenvalue weighted by Crippen LogP contribution is -2.54. The summed E-state index contributed by atoms with van der Waals surface area (Å²) in [5, 5.41) is 0. The lowest BCUT2D eigenvalue weighted by atomic mass is 9.91. The van der Waals surface area contributed by atoms with Crippen molar-refractivity contribution in [3.05, 3.63) is 0 Å². The van der Waals surface area contributed by atoms with Gasteiger partial charge in [-0.15, -0.1) is 0 Å². The van der Waals surface area contributed by atoms with Gasteiger partial charge in [0.25, 0.3) is 0 Å². The Kier molecular flexibility index (Phi) is 3.69. The smallest absolute Gasteiger partial charge is 0.0707 e. The van der Waals surface area contributed by atoms with Gasteiger partial charge in [0, 0.05) is 25.2 Å². The Morgan fingerprint density at radius 1 is 0.824 bits per heavy atom. The topological polar surface area (TPSA) is 38.5 Å². The Bertz CT molecular complexity index is 247. The molecule has 2 bridgehead atoms. The van der Waals surface area contributed by atoms with Gasteiger partial charge < -0.3 is 10.5 Å². The van der Waals surface area contributed by atoms with Crippen LogP contribution in [-0.4, -0.2) is 42.3 Å². The number of nitrogens with two attached hydrogens (primary N) is 1. The third-order valence-electron chi connectivity index (χ3n) is 4.82. The highest BCUT2D eigenvalue weighted by atomic mass is 16.5. The fraction of sp³-hybridized carbons (Fsp3) is 1.00. The van der Waals surface area contributed by atoms with E-state index in [1.54, 1.807) is 0 Å². The van der Waals surface area contributed by atoms with Crippen LogP contribution < -0.4 is 5.73 Å². The summed E-state index contributed by atoms with van der Waals surface area (Å²) in [6.07, 6.45) is 11.6. The number of morpholine rings is 1. The molecular weight excluding hydrogens is 212 g/mol. The molecule has 2 N–H and O–H groups in total. The van der Waals surface area contributed by atoms with Crippen LogP contribution in [0.15, 0.2) is 0 Å². The molecular formula is C14H26N2O. The van der Waals surface area contributed by atoms with Crippen molar-refractivity contribution in [3.63, 3.8) is 0 Å². The lowest BCUT2D eigenvalue weighted by molar-refractivity contribution is -0.0583. The van der Waals surface area contributed by atoms with Gasteiger partial charge in [0.15, 0.2) is 0 Å². The summed E-state index contributed by atoms with van der Waals surface area (Å²) in [6.45, 7) is 2.27. The molecule has 0 aromatic carbocycles. The molecule has 3 fully saturated rings. The lowest BCUT2D eigenvalue weighted by Gasteiger charge is -2.41. The molecule has 2 heterocycles. The zero-order chi connectivity index (χ0) is 11.7. The van der Waals surface area contributed by atoms with E-state index in [2.05, 4.69) is 4.90 Å². The van der Waals surface area contributed by atoms with Crippen molar-refractivity contribution in [3.8, 4) is 0 Å². The zero-order valence-electron chi connectivity index (χ0n) is 10.8. The van der Waals surface area contributed by atoms with Crippen LogP contribution in [0.3, 0.4) is 0 Å². The van der Waals surface area contributed by atoms with Crippen LogP contribution in [0.2, 0.25) is 0 Å². The number of nitrogens with zero attached hydrogens (tertiary/aromatic N) is 1. The van der Waals surface area contributed by atoms with E-state index < -0.39 is 0 Å². The Balaban J connectivity index is 1.64. The van der Waals surface area contributed by atoms with Crippen molar-refractivity contribution in [2.45, 2.75) is 75.7 Å². The molecule has 3 heteroatoms. The molecule has 98 valence electrons. The van der Waals surface area contributed by atoms with Crippen molar-refractivity contribution < 1.29 is 4.74 Å². The first-order valence-electron chi connectivity index (χ1n) is 7.48. The van der Waals surface area contributed by atoms with E-state index in [0.29, 0.717) is 24.3 Å². The molecule has 0 aromatic heterocycles. The zero-order valence-corrected chi connectivity index (χ0v) is 10.8. The van der Waals surface area contributed by atoms with Gasteiger partial charge in [-0.3, -0.25) is 4.90 Å². The average Bonchev–Trinajstić information content (AvgIpc) is 2.64. The van der Waals surface area contributed by atoms with Crippen molar-refractivity contribution in [2.24, 2.45) is 5.73 Å². The molecule has 4 atom stereocenters. The Labute approximate surface area is 105 Å². The molecule has 0 amide bonds. The fourth-order valence-corrected chi connectivity index (χ4v) is 3.86. The van der Waals surface area contributed by atoms with Crippen molar-refractivity contribution in [2.75, 3.05) is 13.1 Å². The van der Waals surface area contributed by atoms with E-state index in [1.165, 1.54) is 51.4 Å². The molecule has 17 heavy (non-hydrogen) atoms. The maximum atomic E-state index is 6.41. The summed E-state index contributed by atoms with van der Waals surface area (Å²) < 4.78 is 5.93. The summed E-state index contributed by atoms with van der Waals surface area (Å²) in [5.74, 6) is 0. The van der Waals surface area contributed by atoms with Gasteiger partial charge >= 0.3 is 0 Å². The van der Waals surface area contributed by atoms with Gasteiger partial charge in [-0.1, -0.05) is 25.7 Å². The minimum absolute atomic E-state index is 0.396. The minimum Gasteiger partial charge on any atom is -0.372 e. The predicted octanol–water partition coefficient (Wildman–Crippen LogP) is 1.90. The molecule has 1 saturated carbocycles. The quantitative estimate of drug-likeness (QED) is 0.758. The summed E-state index contributed by atoms with van der Waals surface area (Å²) in [6, 6.07) is 1.02. The van der Waals surface area contributed by atoms with Crippen LogP contribution in [0.1, 0.15) is 51.4 Å². The van der Waals surface area contributed by atoms with Gasteiger partial charge in [0.2, 0.25) is 0 Å². The van der Waals surface area contributed by atoms with E-state index in [-0.39, 0.29) is 0 Å². The molecule has 0 aromatic rings. The maximum Gasteiger partial charge on any atom is 0.0707 e. The van der Waals surface area contributed by atoms with Crippen LogP contribution in [-0.2, 0) is 4.74 Å². The van der Waals surface area contributed by atoms with Gasteiger partial charge in [0.1, 0.15) is 0 Å². The minimum atomic E-state index is 0.396. The Hall–Kier alpha value is -0.120. The molecule has 3 nitrogen and oxygen atoms in total. The van der Waals surface area contributed by atoms with Crippen LogP contribution in [0.5, 0.6) is 0 Å². The van der Waals surface area contributed by atoms with Crippen LogP contribution >= 0.6 is 0 Å². The molecule has 3 rings (SSSR count). The first kappa shape index (κ1) is 11.9. The molecule has 2 saturated heterocycles. The fourth-order valence-electron chi connectivity index (χ4n) is 3.86. The highest BCUT2D eigenvalue weighted by Gasteiger charge is 2.37. The highest BCUT2D eigenvalue weighted by Crippen LogP contribution is 2.30. The summed E-state index contributed by atoms with van der Waals surface area (Å²) >= 11 is 0. The Morgan fingerprint density at radius 3 is 2.18 bits per heavy atom. The normalized spacial score (nSPS) is 44.3. The second-order valence-corrected chi connectivity index (χ2v) is 6.13. The average molecular weight is 238 g/mol. The van der Waals surface area contributed by atoms with E-state index >= 15 is 0 Å². The first-order valence-corrected chi connectivity index (χ1v) is 7.48. The summed E-state index contributed by atoms with van der Waals surface area (Å²) in [4.78, 5) is 2.65. The predicted molar refractivity (Wildman–Crippen MR) is 68.9 cm³/mol. The van der Waals surface area contributed by atoms with Crippen molar-refractivity contribution in [1.82, 2.24) is 4.90 Å². The van der Waals surface area contributed by atoms with Crippen LogP contribution in [0.25, 0.3) is 0 Å². The third kappa shape index (κ3) is 2.67. The van der Waals surface area contributed by atoms with Gasteiger partial charge in [0.05, 0.1) is 12.2 Å². The van der Waals surface area contributed by atoms with Crippen LogP contribution in [0.4, 0.5) is 0 Å². The third-order valence-corrected chi connectivity index (χ3v) is 4.82. The molecule has 1 aliphatic carbocycles. The molecule has 0 spiro atoms. The summed E-state index contributed by atoms with van der Waals surface area (Å²) in [7, 11) is 0. The number of likely N-dealkylation sites (tertiary alicyclic amines) is 1. The molecule has 2 aliphatic heterocycles. The number of ether oxygens (including phenoxy) is 1. The van der Waals surface area contributed by atoms with Crippen molar-refractivity contribution in [1.29, 1.82) is 0 Å². The van der Waals surface area contributed by atoms with Crippen molar-refractivity contribution >= 4 is 0 Å². The first-order chi connectivity index (χ1) is 8.33.